The summed E-state index contributed by atoms with van der Waals surface area (Å²) in [4.78, 5) is 27.2. The number of piperazine rings is 1. The van der Waals surface area contributed by atoms with Gasteiger partial charge in [0.2, 0.25) is 11.8 Å². The van der Waals surface area contributed by atoms with E-state index < -0.39 is 6.04 Å². The van der Waals surface area contributed by atoms with E-state index in [1.807, 2.05) is 32.6 Å². The molecule has 0 spiro atoms. The average Bonchev–Trinajstić information content (AvgIpc) is 3.13. The lowest BCUT2D eigenvalue weighted by Gasteiger charge is -2.44. The molecule has 2 atom stereocenters. The van der Waals surface area contributed by atoms with Crippen LogP contribution in [-0.4, -0.2) is 35.3 Å². The number of hydrogen-bond acceptors (Lipinski definition) is 2. The van der Waals surface area contributed by atoms with Crippen LogP contribution in [0.2, 0.25) is 0 Å². The minimum absolute atomic E-state index is 0.0107. The van der Waals surface area contributed by atoms with E-state index in [1.165, 1.54) is 12.8 Å². The molecule has 2 aliphatic rings. The van der Waals surface area contributed by atoms with Crippen molar-refractivity contribution in [3.05, 3.63) is 0 Å². The zero-order valence-electron chi connectivity index (χ0n) is 14.3. The van der Waals surface area contributed by atoms with Crippen molar-refractivity contribution in [2.45, 2.75) is 72.9 Å². The van der Waals surface area contributed by atoms with Gasteiger partial charge in [0.05, 0.1) is 0 Å². The Labute approximate surface area is 128 Å². The van der Waals surface area contributed by atoms with Gasteiger partial charge in [0.1, 0.15) is 12.1 Å². The summed E-state index contributed by atoms with van der Waals surface area (Å²) in [6.07, 6.45) is 3.03. The Hall–Kier alpha value is -1.06. The Morgan fingerprint density at radius 2 is 1.86 bits per heavy atom. The van der Waals surface area contributed by atoms with Crippen LogP contribution in [-0.2, 0) is 9.59 Å². The second kappa shape index (κ2) is 5.29. The second-order valence-electron chi connectivity index (χ2n) is 8.21. The molecule has 2 fully saturated rings. The first-order chi connectivity index (χ1) is 9.62. The van der Waals surface area contributed by atoms with E-state index in [-0.39, 0.29) is 28.7 Å². The lowest BCUT2D eigenvalue weighted by Crippen LogP contribution is -2.67. The van der Waals surface area contributed by atoms with Gasteiger partial charge >= 0.3 is 0 Å². The van der Waals surface area contributed by atoms with Gasteiger partial charge in [0.15, 0.2) is 0 Å². The van der Waals surface area contributed by atoms with Crippen LogP contribution < -0.4 is 5.32 Å². The van der Waals surface area contributed by atoms with E-state index in [1.54, 1.807) is 0 Å². The largest absolute Gasteiger partial charge is 0.342 e. The zero-order valence-corrected chi connectivity index (χ0v) is 14.3. The van der Waals surface area contributed by atoms with Crippen molar-refractivity contribution in [1.29, 1.82) is 0 Å². The molecule has 1 aliphatic heterocycles. The van der Waals surface area contributed by atoms with E-state index in [4.69, 9.17) is 0 Å². The third-order valence-corrected chi connectivity index (χ3v) is 5.35. The molecule has 120 valence electrons. The number of carbonyl (C=O) groups excluding carboxylic acids is 2. The monoisotopic (exact) mass is 294 g/mol. The third kappa shape index (κ3) is 2.95. The highest BCUT2D eigenvalue weighted by atomic mass is 16.2. The summed E-state index contributed by atoms with van der Waals surface area (Å²) in [6, 6.07) is -0.705. The molecule has 2 rings (SSSR count). The van der Waals surface area contributed by atoms with Gasteiger partial charge in [-0.25, -0.2) is 0 Å². The molecule has 1 heterocycles. The highest BCUT2D eigenvalue weighted by Crippen LogP contribution is 2.52. The van der Waals surface area contributed by atoms with Gasteiger partial charge in [0, 0.05) is 6.54 Å². The third-order valence-electron chi connectivity index (χ3n) is 5.35. The van der Waals surface area contributed by atoms with Crippen LogP contribution in [0.1, 0.15) is 60.8 Å². The van der Waals surface area contributed by atoms with Crippen molar-refractivity contribution in [2.24, 2.45) is 16.7 Å². The van der Waals surface area contributed by atoms with Crippen molar-refractivity contribution < 1.29 is 9.59 Å². The fourth-order valence-electron chi connectivity index (χ4n) is 3.36. The van der Waals surface area contributed by atoms with Crippen LogP contribution in [0.5, 0.6) is 0 Å². The number of nitrogens with one attached hydrogen (secondary N) is 1. The number of rotatable bonds is 4. The minimum atomic E-state index is -0.407. The van der Waals surface area contributed by atoms with Crippen molar-refractivity contribution in [3.8, 4) is 0 Å². The fraction of sp³-hybridized carbons (Fsp3) is 0.882. The normalized spacial score (nSPS) is 28.8. The van der Waals surface area contributed by atoms with Crippen LogP contribution in [0, 0.1) is 16.7 Å². The van der Waals surface area contributed by atoms with Gasteiger partial charge in [0.25, 0.3) is 0 Å². The van der Waals surface area contributed by atoms with E-state index in [0.29, 0.717) is 12.3 Å². The van der Waals surface area contributed by atoms with E-state index >= 15 is 0 Å². The van der Waals surface area contributed by atoms with Crippen molar-refractivity contribution in [1.82, 2.24) is 10.2 Å². The minimum Gasteiger partial charge on any atom is -0.342 e. The summed E-state index contributed by atoms with van der Waals surface area (Å²) in [6.45, 7) is 13.2. The molecule has 0 bridgehead atoms. The van der Waals surface area contributed by atoms with E-state index in [0.717, 1.165) is 6.54 Å². The van der Waals surface area contributed by atoms with Crippen molar-refractivity contribution in [2.75, 3.05) is 6.54 Å². The van der Waals surface area contributed by atoms with Gasteiger partial charge in [-0.05, 0) is 36.0 Å². The molecule has 0 aromatic heterocycles. The van der Waals surface area contributed by atoms with Gasteiger partial charge in [-0.15, -0.1) is 0 Å². The zero-order chi connectivity index (χ0) is 16.0. The summed E-state index contributed by atoms with van der Waals surface area (Å²) in [5, 5.41) is 2.94. The molecule has 4 nitrogen and oxygen atoms in total. The maximum Gasteiger partial charge on any atom is 0.246 e. The van der Waals surface area contributed by atoms with Crippen LogP contribution in [0.15, 0.2) is 0 Å². The number of carbonyl (C=O) groups is 2. The van der Waals surface area contributed by atoms with Crippen LogP contribution in [0.25, 0.3) is 0 Å². The topological polar surface area (TPSA) is 49.4 Å². The second-order valence-corrected chi connectivity index (χ2v) is 8.21. The molecule has 21 heavy (non-hydrogen) atoms. The predicted molar refractivity (Wildman–Crippen MR) is 83.7 cm³/mol. The lowest BCUT2D eigenvalue weighted by atomic mass is 9.82. The van der Waals surface area contributed by atoms with E-state index in [2.05, 4.69) is 19.2 Å². The Bertz CT molecular complexity index is 433. The van der Waals surface area contributed by atoms with Gasteiger partial charge in [-0.3, -0.25) is 9.59 Å². The first kappa shape index (κ1) is 16.3. The molecule has 0 radical (unpaired) electrons. The predicted octanol–water partition coefficient (Wildman–Crippen LogP) is 2.57. The Morgan fingerprint density at radius 1 is 1.29 bits per heavy atom. The Kier molecular flexibility index (Phi) is 4.11. The SMILES string of the molecule is CCC1C(=O)NC(C(C)(C)C)C(=O)N1CC1(C(C)C)CC1. The molecule has 0 aromatic rings. The van der Waals surface area contributed by atoms with Crippen molar-refractivity contribution in [3.63, 3.8) is 0 Å². The maximum absolute atomic E-state index is 12.9. The number of hydrogen-bond donors (Lipinski definition) is 1. The smallest absolute Gasteiger partial charge is 0.246 e. The molecule has 2 unspecified atom stereocenters. The Morgan fingerprint density at radius 3 is 2.24 bits per heavy atom. The maximum atomic E-state index is 12.9. The van der Waals surface area contributed by atoms with Crippen LogP contribution >= 0.6 is 0 Å². The molecule has 1 N–H and O–H groups in total. The molecule has 1 saturated heterocycles. The first-order valence-electron chi connectivity index (χ1n) is 8.23. The van der Waals surface area contributed by atoms with E-state index in [9.17, 15) is 9.59 Å². The number of nitrogens with zero attached hydrogens (tertiary/aromatic N) is 1. The molecular weight excluding hydrogens is 264 g/mol. The first-order valence-corrected chi connectivity index (χ1v) is 8.23. The molecule has 2 amide bonds. The summed E-state index contributed by atoms with van der Waals surface area (Å²) >= 11 is 0. The van der Waals surface area contributed by atoms with Crippen LogP contribution in [0.4, 0.5) is 0 Å². The standard InChI is InChI=1S/C17H30N2O2/c1-7-12-14(20)18-13(16(4,5)6)15(21)19(12)10-17(8-9-17)11(2)3/h11-13H,7-10H2,1-6H3,(H,18,20). The fourth-order valence-corrected chi connectivity index (χ4v) is 3.36. The Balaban J connectivity index is 2.25. The molecule has 4 heteroatoms. The van der Waals surface area contributed by atoms with Gasteiger partial charge in [-0.2, -0.15) is 0 Å². The van der Waals surface area contributed by atoms with Crippen LogP contribution in [0.3, 0.4) is 0 Å². The number of amides is 2. The van der Waals surface area contributed by atoms with Gasteiger partial charge < -0.3 is 10.2 Å². The molecule has 1 saturated carbocycles. The summed E-state index contributed by atoms with van der Waals surface area (Å²) in [5.74, 6) is 0.665. The average molecular weight is 294 g/mol. The molecule has 0 aromatic carbocycles. The molecular formula is C17H30N2O2. The summed E-state index contributed by atoms with van der Waals surface area (Å²) < 4.78 is 0. The highest BCUT2D eigenvalue weighted by molar-refractivity contribution is 5.97. The highest BCUT2D eigenvalue weighted by Gasteiger charge is 2.52. The van der Waals surface area contributed by atoms with Crippen molar-refractivity contribution >= 4 is 11.8 Å². The summed E-state index contributed by atoms with van der Waals surface area (Å²) in [5.41, 5.74) is -0.0125. The van der Waals surface area contributed by atoms with Gasteiger partial charge in [-0.1, -0.05) is 41.5 Å². The quantitative estimate of drug-likeness (QED) is 0.866. The lowest BCUT2D eigenvalue weighted by molar-refractivity contribution is -0.153. The molecule has 1 aliphatic carbocycles. The summed E-state index contributed by atoms with van der Waals surface area (Å²) in [7, 11) is 0.